The normalized spacial score (nSPS) is 28.1. The standard InChI is InChI=1S/C16H22FN3O/c1-20(9-12-8-10-5-6-11(12)7-10)14-4-2-3-13(17)15(14)16(18)19-21/h2-4,10-12,21H,5-9H2,1H3,(H2,18,19). The smallest absolute Gasteiger partial charge is 0.175 e. The van der Waals surface area contributed by atoms with Crippen molar-refractivity contribution in [2.75, 3.05) is 18.5 Å². The summed E-state index contributed by atoms with van der Waals surface area (Å²) in [5, 5.41) is 11.8. The van der Waals surface area contributed by atoms with Gasteiger partial charge in [-0.25, -0.2) is 4.39 Å². The first kappa shape index (κ1) is 14.2. The fraction of sp³-hybridized carbons (Fsp3) is 0.562. The molecular formula is C16H22FN3O. The van der Waals surface area contributed by atoms with E-state index in [-0.39, 0.29) is 11.4 Å². The summed E-state index contributed by atoms with van der Waals surface area (Å²) in [5.74, 6) is 1.76. The highest BCUT2D eigenvalue weighted by atomic mass is 19.1. The van der Waals surface area contributed by atoms with E-state index in [1.165, 1.54) is 31.7 Å². The van der Waals surface area contributed by atoms with E-state index < -0.39 is 5.82 Å². The predicted molar refractivity (Wildman–Crippen MR) is 81.1 cm³/mol. The molecule has 21 heavy (non-hydrogen) atoms. The van der Waals surface area contributed by atoms with Gasteiger partial charge in [-0.15, -0.1) is 0 Å². The zero-order valence-electron chi connectivity index (χ0n) is 12.3. The van der Waals surface area contributed by atoms with Crippen LogP contribution in [0.25, 0.3) is 0 Å². The summed E-state index contributed by atoms with van der Waals surface area (Å²) in [5.41, 5.74) is 6.51. The van der Waals surface area contributed by atoms with Gasteiger partial charge in [0, 0.05) is 13.6 Å². The first-order valence-electron chi connectivity index (χ1n) is 7.57. The van der Waals surface area contributed by atoms with Gasteiger partial charge in [-0.3, -0.25) is 0 Å². The van der Waals surface area contributed by atoms with Crippen LogP contribution in [0.2, 0.25) is 0 Å². The fourth-order valence-electron chi connectivity index (χ4n) is 4.18. The van der Waals surface area contributed by atoms with Gasteiger partial charge in [-0.05, 0) is 49.1 Å². The Morgan fingerprint density at radius 3 is 2.86 bits per heavy atom. The minimum absolute atomic E-state index is 0.178. The number of nitrogens with zero attached hydrogens (tertiary/aromatic N) is 2. The van der Waals surface area contributed by atoms with Crippen molar-refractivity contribution in [1.82, 2.24) is 0 Å². The summed E-state index contributed by atoms with van der Waals surface area (Å²) in [7, 11) is 1.95. The maximum absolute atomic E-state index is 14.0. The highest BCUT2D eigenvalue weighted by Crippen LogP contribution is 2.48. The molecule has 3 N–H and O–H groups in total. The minimum Gasteiger partial charge on any atom is -0.409 e. The maximum atomic E-state index is 14.0. The molecule has 2 aliphatic carbocycles. The number of anilines is 1. The quantitative estimate of drug-likeness (QED) is 0.388. The summed E-state index contributed by atoms with van der Waals surface area (Å²) in [6.07, 6.45) is 5.34. The molecule has 1 aromatic rings. The second kappa shape index (κ2) is 5.54. The Labute approximate surface area is 124 Å². The first-order chi connectivity index (χ1) is 10.1. The minimum atomic E-state index is -0.456. The van der Waals surface area contributed by atoms with Crippen molar-refractivity contribution < 1.29 is 9.60 Å². The lowest BCUT2D eigenvalue weighted by Gasteiger charge is -2.29. The van der Waals surface area contributed by atoms with Gasteiger partial charge >= 0.3 is 0 Å². The Kier molecular flexibility index (Phi) is 3.74. The molecular weight excluding hydrogens is 269 g/mol. The third-order valence-corrected chi connectivity index (χ3v) is 5.16. The number of halogens is 1. The van der Waals surface area contributed by atoms with Gasteiger partial charge in [0.15, 0.2) is 5.84 Å². The molecule has 2 fully saturated rings. The van der Waals surface area contributed by atoms with Crippen molar-refractivity contribution in [2.24, 2.45) is 28.6 Å². The Bertz CT molecular complexity index is 560. The summed E-state index contributed by atoms with van der Waals surface area (Å²) in [4.78, 5) is 2.04. The molecule has 5 heteroatoms. The van der Waals surface area contributed by atoms with Gasteiger partial charge in [0.05, 0.1) is 11.3 Å². The van der Waals surface area contributed by atoms with E-state index in [0.29, 0.717) is 11.6 Å². The average molecular weight is 291 g/mol. The second-order valence-corrected chi connectivity index (χ2v) is 6.43. The molecule has 3 atom stereocenters. The van der Waals surface area contributed by atoms with Crippen molar-refractivity contribution in [3.05, 3.63) is 29.6 Å². The molecule has 4 nitrogen and oxygen atoms in total. The number of oxime groups is 1. The lowest BCUT2D eigenvalue weighted by Crippen LogP contribution is -2.31. The Morgan fingerprint density at radius 1 is 1.43 bits per heavy atom. The summed E-state index contributed by atoms with van der Waals surface area (Å²) in [6.45, 7) is 0.899. The predicted octanol–water partition coefficient (Wildman–Crippen LogP) is 2.79. The number of benzene rings is 1. The van der Waals surface area contributed by atoms with Gasteiger partial charge < -0.3 is 15.8 Å². The average Bonchev–Trinajstić information content (AvgIpc) is 3.08. The number of hydrogen-bond donors (Lipinski definition) is 2. The van der Waals surface area contributed by atoms with E-state index in [4.69, 9.17) is 10.9 Å². The lowest BCUT2D eigenvalue weighted by molar-refractivity contribution is 0.318. The molecule has 0 radical (unpaired) electrons. The lowest BCUT2D eigenvalue weighted by atomic mass is 9.88. The summed E-state index contributed by atoms with van der Waals surface area (Å²) in [6, 6.07) is 4.82. The van der Waals surface area contributed by atoms with Crippen molar-refractivity contribution >= 4 is 11.5 Å². The summed E-state index contributed by atoms with van der Waals surface area (Å²) < 4.78 is 14.0. The van der Waals surface area contributed by atoms with Crippen LogP contribution >= 0.6 is 0 Å². The third-order valence-electron chi connectivity index (χ3n) is 5.16. The molecule has 0 spiro atoms. The molecule has 0 aliphatic heterocycles. The van der Waals surface area contributed by atoms with Crippen LogP contribution in [0, 0.1) is 23.6 Å². The first-order valence-corrected chi connectivity index (χ1v) is 7.57. The highest BCUT2D eigenvalue weighted by Gasteiger charge is 2.39. The van der Waals surface area contributed by atoms with E-state index in [0.717, 1.165) is 18.4 Å². The van der Waals surface area contributed by atoms with Gasteiger partial charge in [-0.1, -0.05) is 17.6 Å². The molecule has 3 unspecified atom stereocenters. The number of nitrogens with two attached hydrogens (primary N) is 1. The van der Waals surface area contributed by atoms with Crippen LogP contribution in [-0.4, -0.2) is 24.6 Å². The van der Waals surface area contributed by atoms with Gasteiger partial charge in [0.25, 0.3) is 0 Å². The van der Waals surface area contributed by atoms with Gasteiger partial charge in [0.2, 0.25) is 0 Å². The van der Waals surface area contributed by atoms with Crippen LogP contribution in [0.15, 0.2) is 23.4 Å². The van der Waals surface area contributed by atoms with Crippen LogP contribution in [0.1, 0.15) is 31.2 Å². The number of hydrogen-bond acceptors (Lipinski definition) is 3. The van der Waals surface area contributed by atoms with Gasteiger partial charge in [0.1, 0.15) is 5.82 Å². The molecule has 2 saturated carbocycles. The molecule has 3 rings (SSSR count). The number of rotatable bonds is 4. The maximum Gasteiger partial charge on any atom is 0.175 e. The van der Waals surface area contributed by atoms with Crippen LogP contribution in [0.5, 0.6) is 0 Å². The highest BCUT2D eigenvalue weighted by molar-refractivity contribution is 6.02. The molecule has 2 bridgehead atoms. The number of fused-ring (bicyclic) bond motifs is 2. The van der Waals surface area contributed by atoms with Crippen LogP contribution in [0.4, 0.5) is 10.1 Å². The van der Waals surface area contributed by atoms with Crippen molar-refractivity contribution in [3.63, 3.8) is 0 Å². The van der Waals surface area contributed by atoms with Crippen molar-refractivity contribution in [3.8, 4) is 0 Å². The van der Waals surface area contributed by atoms with E-state index in [1.807, 2.05) is 18.0 Å². The zero-order chi connectivity index (χ0) is 15.0. The molecule has 2 aliphatic rings. The summed E-state index contributed by atoms with van der Waals surface area (Å²) >= 11 is 0. The van der Waals surface area contributed by atoms with Gasteiger partial charge in [-0.2, -0.15) is 0 Å². The SMILES string of the molecule is CN(CC1CC2CCC1C2)c1cccc(F)c1C(N)=NO. The van der Waals surface area contributed by atoms with E-state index in [9.17, 15) is 4.39 Å². The molecule has 1 aromatic carbocycles. The fourth-order valence-corrected chi connectivity index (χ4v) is 4.18. The van der Waals surface area contributed by atoms with Crippen LogP contribution < -0.4 is 10.6 Å². The largest absolute Gasteiger partial charge is 0.409 e. The topological polar surface area (TPSA) is 61.8 Å². The molecule has 0 amide bonds. The Morgan fingerprint density at radius 2 is 2.24 bits per heavy atom. The molecule has 0 heterocycles. The van der Waals surface area contributed by atoms with Crippen LogP contribution in [0.3, 0.4) is 0 Å². The second-order valence-electron chi connectivity index (χ2n) is 6.43. The van der Waals surface area contributed by atoms with Crippen molar-refractivity contribution in [2.45, 2.75) is 25.7 Å². The van der Waals surface area contributed by atoms with E-state index in [2.05, 4.69) is 5.16 Å². The molecule has 0 saturated heterocycles. The zero-order valence-corrected chi connectivity index (χ0v) is 12.3. The van der Waals surface area contributed by atoms with Crippen molar-refractivity contribution in [1.29, 1.82) is 0 Å². The number of amidine groups is 1. The Hall–Kier alpha value is -1.78. The van der Waals surface area contributed by atoms with E-state index >= 15 is 0 Å². The van der Waals surface area contributed by atoms with Crippen LogP contribution in [-0.2, 0) is 0 Å². The monoisotopic (exact) mass is 291 g/mol. The third kappa shape index (κ3) is 2.57. The Balaban J connectivity index is 1.81. The molecule has 114 valence electrons. The van der Waals surface area contributed by atoms with E-state index in [1.54, 1.807) is 6.07 Å². The molecule has 0 aromatic heterocycles.